The minimum atomic E-state index is 0.00976. The lowest BCUT2D eigenvalue weighted by Crippen LogP contribution is -2.35. The second-order valence-electron chi connectivity index (χ2n) is 6.54. The van der Waals surface area contributed by atoms with Crippen LogP contribution < -0.4 is 0 Å². The molecule has 2 amide bonds. The van der Waals surface area contributed by atoms with E-state index in [1.54, 1.807) is 18.0 Å². The number of benzene rings is 1. The Labute approximate surface area is 152 Å². The van der Waals surface area contributed by atoms with E-state index >= 15 is 0 Å². The van der Waals surface area contributed by atoms with Crippen LogP contribution in [0.1, 0.15) is 37.9 Å². The number of imidazole rings is 1. The molecule has 0 saturated carbocycles. The molecule has 0 radical (unpaired) electrons. The highest BCUT2D eigenvalue weighted by Crippen LogP contribution is 2.18. The molecule has 6 nitrogen and oxygen atoms in total. The molecular formula is C18H23ClN4O2. The number of fused-ring (bicyclic) bond motifs is 1. The van der Waals surface area contributed by atoms with Crippen LogP contribution in [0.4, 0.5) is 0 Å². The van der Waals surface area contributed by atoms with Crippen molar-refractivity contribution in [1.29, 1.82) is 0 Å². The number of likely N-dealkylation sites (tertiary alicyclic amines) is 1. The summed E-state index contributed by atoms with van der Waals surface area (Å²) in [6.45, 7) is 1.66. The van der Waals surface area contributed by atoms with Crippen molar-refractivity contribution in [3.05, 3.63) is 29.0 Å². The van der Waals surface area contributed by atoms with Gasteiger partial charge in [-0.05, 0) is 31.0 Å². The van der Waals surface area contributed by atoms with Crippen LogP contribution in [0.25, 0.3) is 11.0 Å². The van der Waals surface area contributed by atoms with E-state index in [-0.39, 0.29) is 11.8 Å². The zero-order chi connectivity index (χ0) is 17.8. The molecule has 1 N–H and O–H groups in total. The second kappa shape index (κ2) is 7.87. The summed E-state index contributed by atoms with van der Waals surface area (Å²) in [5.41, 5.74) is 1.69. The lowest BCUT2D eigenvalue weighted by molar-refractivity contribution is -0.133. The van der Waals surface area contributed by atoms with Crippen LogP contribution in [0.15, 0.2) is 18.2 Å². The van der Waals surface area contributed by atoms with Crippen molar-refractivity contribution in [1.82, 2.24) is 19.8 Å². The molecular weight excluding hydrogens is 340 g/mol. The molecule has 1 fully saturated rings. The van der Waals surface area contributed by atoms with Crippen molar-refractivity contribution in [3.8, 4) is 0 Å². The second-order valence-corrected chi connectivity index (χ2v) is 6.97. The lowest BCUT2D eigenvalue weighted by atomic mass is 10.2. The van der Waals surface area contributed by atoms with Gasteiger partial charge in [-0.25, -0.2) is 4.98 Å². The molecule has 1 aliphatic rings. The van der Waals surface area contributed by atoms with Crippen molar-refractivity contribution in [2.24, 2.45) is 0 Å². The molecule has 1 aromatic heterocycles. The maximum Gasteiger partial charge on any atom is 0.224 e. The Morgan fingerprint density at radius 1 is 1.36 bits per heavy atom. The first-order chi connectivity index (χ1) is 12.0. The van der Waals surface area contributed by atoms with E-state index in [0.717, 1.165) is 42.7 Å². The maximum atomic E-state index is 12.4. The molecule has 0 aliphatic carbocycles. The van der Waals surface area contributed by atoms with Gasteiger partial charge in [0.05, 0.1) is 17.6 Å². The van der Waals surface area contributed by atoms with E-state index in [2.05, 4.69) is 9.97 Å². The number of H-pyrrole nitrogens is 1. The summed E-state index contributed by atoms with van der Waals surface area (Å²) < 4.78 is 0. The van der Waals surface area contributed by atoms with Gasteiger partial charge in [0.1, 0.15) is 5.82 Å². The SMILES string of the molecule is CN(Cc1nc2ccc(Cl)cc2[nH]1)C(=O)CCN1CCCCCC1=O. The van der Waals surface area contributed by atoms with Gasteiger partial charge in [-0.1, -0.05) is 18.0 Å². The monoisotopic (exact) mass is 362 g/mol. The fourth-order valence-corrected chi connectivity index (χ4v) is 3.29. The van der Waals surface area contributed by atoms with Crippen molar-refractivity contribution < 1.29 is 9.59 Å². The van der Waals surface area contributed by atoms with Crippen molar-refractivity contribution in [2.75, 3.05) is 20.1 Å². The Hall–Kier alpha value is -2.08. The number of amides is 2. The standard InChI is InChI=1S/C18H23ClN4O2/c1-22(12-16-20-14-7-6-13(19)11-15(14)21-16)17(24)8-10-23-9-4-2-3-5-18(23)25/h6-7,11H,2-5,8-10,12H2,1H3,(H,20,21). The molecule has 0 bridgehead atoms. The van der Waals surface area contributed by atoms with Gasteiger partial charge in [-0.15, -0.1) is 0 Å². The summed E-state index contributed by atoms with van der Waals surface area (Å²) >= 11 is 5.98. The number of carbonyl (C=O) groups excluding carboxylic acids is 2. The van der Waals surface area contributed by atoms with E-state index in [1.165, 1.54) is 0 Å². The Morgan fingerprint density at radius 3 is 3.04 bits per heavy atom. The zero-order valence-electron chi connectivity index (χ0n) is 14.4. The number of carbonyl (C=O) groups is 2. The van der Waals surface area contributed by atoms with Gasteiger partial charge in [0.15, 0.2) is 0 Å². The van der Waals surface area contributed by atoms with Crippen molar-refractivity contribution >= 4 is 34.4 Å². The van der Waals surface area contributed by atoms with Gasteiger partial charge in [0, 0.05) is 38.0 Å². The Bertz CT molecular complexity index is 774. The highest BCUT2D eigenvalue weighted by molar-refractivity contribution is 6.31. The molecule has 1 aliphatic heterocycles. The largest absolute Gasteiger partial charge is 0.342 e. The molecule has 25 heavy (non-hydrogen) atoms. The van der Waals surface area contributed by atoms with Gasteiger partial charge in [0.25, 0.3) is 0 Å². The summed E-state index contributed by atoms with van der Waals surface area (Å²) in [5, 5.41) is 0.647. The predicted molar refractivity (Wildman–Crippen MR) is 97.2 cm³/mol. The van der Waals surface area contributed by atoms with Crippen LogP contribution in [0.5, 0.6) is 0 Å². The number of hydrogen-bond acceptors (Lipinski definition) is 3. The third-order valence-corrected chi connectivity index (χ3v) is 4.81. The van der Waals surface area contributed by atoms with Gasteiger partial charge in [-0.3, -0.25) is 9.59 Å². The lowest BCUT2D eigenvalue weighted by Gasteiger charge is -2.22. The normalized spacial score (nSPS) is 15.4. The molecule has 1 saturated heterocycles. The molecule has 7 heteroatoms. The Morgan fingerprint density at radius 2 is 2.20 bits per heavy atom. The number of aromatic nitrogens is 2. The van der Waals surface area contributed by atoms with Gasteiger partial charge >= 0.3 is 0 Å². The molecule has 0 atom stereocenters. The van der Waals surface area contributed by atoms with Crippen LogP contribution in [0, 0.1) is 0 Å². The third-order valence-electron chi connectivity index (χ3n) is 4.57. The first kappa shape index (κ1) is 17.7. The summed E-state index contributed by atoms with van der Waals surface area (Å²) in [6, 6.07) is 5.46. The van der Waals surface area contributed by atoms with E-state index in [9.17, 15) is 9.59 Å². The first-order valence-corrected chi connectivity index (χ1v) is 9.06. The molecule has 2 aromatic rings. The fourth-order valence-electron chi connectivity index (χ4n) is 3.12. The van der Waals surface area contributed by atoms with Crippen molar-refractivity contribution in [3.63, 3.8) is 0 Å². The highest BCUT2D eigenvalue weighted by atomic mass is 35.5. The number of nitrogens with one attached hydrogen (secondary N) is 1. The van der Waals surface area contributed by atoms with E-state index < -0.39 is 0 Å². The van der Waals surface area contributed by atoms with Gasteiger partial charge in [-0.2, -0.15) is 0 Å². The first-order valence-electron chi connectivity index (χ1n) is 8.69. The average Bonchev–Trinajstić information content (AvgIpc) is 2.85. The van der Waals surface area contributed by atoms with Gasteiger partial charge < -0.3 is 14.8 Å². The van der Waals surface area contributed by atoms with Crippen molar-refractivity contribution in [2.45, 2.75) is 38.6 Å². The van der Waals surface area contributed by atoms with Crippen LogP contribution in [0.2, 0.25) is 5.02 Å². The molecule has 2 heterocycles. The van der Waals surface area contributed by atoms with Crippen LogP contribution in [0.3, 0.4) is 0 Å². The molecule has 134 valence electrons. The Balaban J connectivity index is 1.55. The van der Waals surface area contributed by atoms with Crippen LogP contribution in [-0.2, 0) is 16.1 Å². The van der Waals surface area contributed by atoms with E-state index in [0.29, 0.717) is 31.0 Å². The third kappa shape index (κ3) is 4.51. The molecule has 0 unspecified atom stereocenters. The van der Waals surface area contributed by atoms with Crippen LogP contribution >= 0.6 is 11.6 Å². The minimum Gasteiger partial charge on any atom is -0.342 e. The maximum absolute atomic E-state index is 12.4. The van der Waals surface area contributed by atoms with Gasteiger partial charge in [0.2, 0.25) is 11.8 Å². The van der Waals surface area contributed by atoms with E-state index in [1.807, 2.05) is 17.0 Å². The summed E-state index contributed by atoms with van der Waals surface area (Å²) in [4.78, 5) is 35.5. The summed E-state index contributed by atoms with van der Waals surface area (Å²) in [5.74, 6) is 0.900. The Kier molecular flexibility index (Phi) is 5.58. The molecule has 0 spiro atoms. The quantitative estimate of drug-likeness (QED) is 0.889. The number of nitrogens with zero attached hydrogens (tertiary/aromatic N) is 3. The summed E-state index contributed by atoms with van der Waals surface area (Å²) in [6.07, 6.45) is 4.02. The number of aromatic amines is 1. The zero-order valence-corrected chi connectivity index (χ0v) is 15.2. The number of hydrogen-bond donors (Lipinski definition) is 1. The topological polar surface area (TPSA) is 69.3 Å². The molecule has 3 rings (SSSR count). The molecule has 1 aromatic carbocycles. The van der Waals surface area contributed by atoms with E-state index in [4.69, 9.17) is 11.6 Å². The fraction of sp³-hybridized carbons (Fsp3) is 0.500. The average molecular weight is 363 g/mol. The number of halogens is 1. The highest BCUT2D eigenvalue weighted by Gasteiger charge is 2.19. The number of rotatable bonds is 5. The minimum absolute atomic E-state index is 0.00976. The smallest absolute Gasteiger partial charge is 0.224 e. The van der Waals surface area contributed by atoms with Crippen LogP contribution in [-0.4, -0.2) is 51.7 Å². The predicted octanol–water partition coefficient (Wildman–Crippen LogP) is 2.97. The summed E-state index contributed by atoms with van der Waals surface area (Å²) in [7, 11) is 1.76.